The van der Waals surface area contributed by atoms with Crippen LogP contribution in [0.4, 0.5) is 0 Å². The number of benzene rings is 2. The summed E-state index contributed by atoms with van der Waals surface area (Å²) in [5, 5.41) is 5.33. The van der Waals surface area contributed by atoms with Gasteiger partial charge < -0.3 is 24.8 Å². The number of ether oxygens (including phenoxy) is 3. The second kappa shape index (κ2) is 7.52. The molecule has 28 heavy (non-hydrogen) atoms. The Balaban J connectivity index is 1.29. The van der Waals surface area contributed by atoms with E-state index in [-0.39, 0.29) is 19.9 Å². The molecule has 0 saturated heterocycles. The Hall–Kier alpha value is -3.06. The van der Waals surface area contributed by atoms with Crippen LogP contribution in [0.1, 0.15) is 16.7 Å². The second-order valence-electron chi connectivity index (χ2n) is 7.06. The smallest absolute Gasteiger partial charge is 0.309 e. The number of rotatable bonds is 5. The number of amides is 2. The van der Waals surface area contributed by atoms with Crippen LogP contribution in [0.25, 0.3) is 0 Å². The van der Waals surface area contributed by atoms with Gasteiger partial charge in [-0.15, -0.1) is 0 Å². The molecule has 2 aromatic rings. The summed E-state index contributed by atoms with van der Waals surface area (Å²) in [6, 6.07) is 13.5. The van der Waals surface area contributed by atoms with Gasteiger partial charge in [-0.3, -0.25) is 9.59 Å². The largest absolute Gasteiger partial charge is 0.454 e. The van der Waals surface area contributed by atoms with Gasteiger partial charge in [0.2, 0.25) is 6.79 Å². The molecule has 2 aliphatic rings. The van der Waals surface area contributed by atoms with E-state index in [0.717, 1.165) is 5.56 Å². The Kier molecular flexibility index (Phi) is 4.92. The number of carbonyl (C=O) groups is 2. The minimum atomic E-state index is -0.681. The predicted molar refractivity (Wildman–Crippen MR) is 101 cm³/mol. The molecule has 0 saturated carbocycles. The van der Waals surface area contributed by atoms with Crippen LogP contribution >= 0.6 is 0 Å². The molecule has 2 amide bonds. The highest BCUT2D eigenvalue weighted by atomic mass is 16.7. The second-order valence-corrected chi connectivity index (χ2v) is 7.06. The van der Waals surface area contributed by atoms with Crippen LogP contribution in [0.3, 0.4) is 0 Å². The van der Waals surface area contributed by atoms with E-state index in [1.165, 1.54) is 11.1 Å². The first kappa shape index (κ1) is 18.3. The summed E-state index contributed by atoms with van der Waals surface area (Å²) in [6.07, 6.45) is 1.41. The standard InChI is InChI=1S/C21H22N2O5/c1-26-21(9-15-4-2-3-5-16(15)10-21)12-23-20(25)19(24)22-11-14-6-7-17-18(8-14)28-13-27-17/h2-8H,9-13H2,1H3,(H,22,24)(H,23,25). The van der Waals surface area contributed by atoms with Crippen molar-refractivity contribution in [1.29, 1.82) is 0 Å². The lowest BCUT2D eigenvalue weighted by molar-refractivity contribution is -0.140. The molecule has 0 spiro atoms. The third kappa shape index (κ3) is 3.66. The molecule has 2 aromatic carbocycles. The number of fused-ring (bicyclic) bond motifs is 2. The fraction of sp³-hybridized carbons (Fsp3) is 0.333. The van der Waals surface area contributed by atoms with Crippen molar-refractivity contribution in [3.63, 3.8) is 0 Å². The third-order valence-corrected chi connectivity index (χ3v) is 5.24. The van der Waals surface area contributed by atoms with Gasteiger partial charge in [-0.05, 0) is 28.8 Å². The number of hydrogen-bond donors (Lipinski definition) is 2. The molecular weight excluding hydrogens is 360 g/mol. The Labute approximate surface area is 163 Å². The van der Waals surface area contributed by atoms with E-state index < -0.39 is 17.4 Å². The predicted octanol–water partition coefficient (Wildman–Crippen LogP) is 1.33. The Morgan fingerprint density at radius 2 is 1.68 bits per heavy atom. The first-order valence-electron chi connectivity index (χ1n) is 9.15. The molecule has 0 fully saturated rings. The number of methoxy groups -OCH3 is 1. The highest BCUT2D eigenvalue weighted by molar-refractivity contribution is 6.35. The maximum Gasteiger partial charge on any atom is 0.309 e. The summed E-state index contributed by atoms with van der Waals surface area (Å²) in [7, 11) is 1.64. The third-order valence-electron chi connectivity index (χ3n) is 5.24. The van der Waals surface area contributed by atoms with Crippen LogP contribution in [-0.4, -0.2) is 37.9 Å². The molecule has 146 valence electrons. The van der Waals surface area contributed by atoms with Gasteiger partial charge in [0.25, 0.3) is 0 Å². The average Bonchev–Trinajstić information content (AvgIpc) is 3.34. The zero-order chi connectivity index (χ0) is 19.6. The molecule has 7 heteroatoms. The number of hydrogen-bond acceptors (Lipinski definition) is 5. The minimum Gasteiger partial charge on any atom is -0.454 e. The first-order valence-corrected chi connectivity index (χ1v) is 9.15. The number of carbonyl (C=O) groups excluding carboxylic acids is 2. The number of nitrogens with one attached hydrogen (secondary N) is 2. The van der Waals surface area contributed by atoms with Gasteiger partial charge >= 0.3 is 11.8 Å². The van der Waals surface area contributed by atoms with Crippen LogP contribution in [0.15, 0.2) is 42.5 Å². The van der Waals surface area contributed by atoms with Crippen molar-refractivity contribution in [2.45, 2.75) is 25.0 Å². The van der Waals surface area contributed by atoms with Crippen LogP contribution in [0.2, 0.25) is 0 Å². The lowest BCUT2D eigenvalue weighted by Gasteiger charge is -2.27. The monoisotopic (exact) mass is 382 g/mol. The molecule has 1 heterocycles. The molecule has 4 rings (SSSR count). The van der Waals surface area contributed by atoms with Gasteiger partial charge in [0.1, 0.15) is 0 Å². The van der Waals surface area contributed by atoms with Crippen molar-refractivity contribution in [2.75, 3.05) is 20.4 Å². The molecule has 0 aromatic heterocycles. The maximum absolute atomic E-state index is 12.2. The van der Waals surface area contributed by atoms with E-state index in [9.17, 15) is 9.59 Å². The van der Waals surface area contributed by atoms with Crippen molar-refractivity contribution in [3.05, 3.63) is 59.2 Å². The van der Waals surface area contributed by atoms with E-state index >= 15 is 0 Å². The molecule has 0 bridgehead atoms. The minimum absolute atomic E-state index is 0.193. The Morgan fingerprint density at radius 1 is 1.00 bits per heavy atom. The summed E-state index contributed by atoms with van der Waals surface area (Å²) < 4.78 is 16.3. The summed E-state index contributed by atoms with van der Waals surface area (Å²) in [4.78, 5) is 24.4. The molecule has 1 aliphatic heterocycles. The van der Waals surface area contributed by atoms with Crippen molar-refractivity contribution in [3.8, 4) is 11.5 Å². The quantitative estimate of drug-likeness (QED) is 0.762. The fourth-order valence-electron chi connectivity index (χ4n) is 3.64. The van der Waals surface area contributed by atoms with Gasteiger partial charge in [0, 0.05) is 33.0 Å². The Morgan fingerprint density at radius 3 is 2.39 bits per heavy atom. The van der Waals surface area contributed by atoms with E-state index in [1.807, 2.05) is 18.2 Å². The van der Waals surface area contributed by atoms with Crippen molar-refractivity contribution in [1.82, 2.24) is 10.6 Å². The van der Waals surface area contributed by atoms with Crippen molar-refractivity contribution < 1.29 is 23.8 Å². The maximum atomic E-state index is 12.2. The lowest BCUT2D eigenvalue weighted by Crippen LogP contribution is -2.49. The zero-order valence-electron chi connectivity index (χ0n) is 15.6. The molecule has 0 atom stereocenters. The van der Waals surface area contributed by atoms with Crippen LogP contribution < -0.4 is 20.1 Å². The topological polar surface area (TPSA) is 85.9 Å². The van der Waals surface area contributed by atoms with Crippen molar-refractivity contribution >= 4 is 11.8 Å². The van der Waals surface area contributed by atoms with E-state index in [4.69, 9.17) is 14.2 Å². The summed E-state index contributed by atoms with van der Waals surface area (Å²) >= 11 is 0. The van der Waals surface area contributed by atoms with Crippen LogP contribution in [0.5, 0.6) is 11.5 Å². The SMILES string of the molecule is COC1(CNC(=O)C(=O)NCc2ccc3c(c2)OCO3)Cc2ccccc2C1. The highest BCUT2D eigenvalue weighted by Gasteiger charge is 2.37. The molecule has 2 N–H and O–H groups in total. The molecule has 0 radical (unpaired) electrons. The van der Waals surface area contributed by atoms with Gasteiger partial charge in [-0.2, -0.15) is 0 Å². The van der Waals surface area contributed by atoms with Gasteiger partial charge in [0.15, 0.2) is 11.5 Å². The summed E-state index contributed by atoms with van der Waals surface area (Å²) in [5.41, 5.74) is 2.73. The molecule has 1 aliphatic carbocycles. The van der Waals surface area contributed by atoms with E-state index in [0.29, 0.717) is 24.3 Å². The molecular formula is C21H22N2O5. The van der Waals surface area contributed by atoms with Crippen LogP contribution in [0, 0.1) is 0 Å². The zero-order valence-corrected chi connectivity index (χ0v) is 15.6. The van der Waals surface area contributed by atoms with E-state index in [1.54, 1.807) is 19.2 Å². The normalized spacial score (nSPS) is 15.8. The average molecular weight is 382 g/mol. The molecule has 0 unspecified atom stereocenters. The molecule has 7 nitrogen and oxygen atoms in total. The lowest BCUT2D eigenvalue weighted by atomic mass is 10.00. The van der Waals surface area contributed by atoms with Crippen LogP contribution in [-0.2, 0) is 33.7 Å². The summed E-state index contributed by atoms with van der Waals surface area (Å²) in [6.45, 7) is 0.691. The van der Waals surface area contributed by atoms with Gasteiger partial charge in [-0.25, -0.2) is 0 Å². The van der Waals surface area contributed by atoms with Gasteiger partial charge in [0.05, 0.1) is 5.60 Å². The van der Waals surface area contributed by atoms with Gasteiger partial charge in [-0.1, -0.05) is 30.3 Å². The van der Waals surface area contributed by atoms with Crippen molar-refractivity contribution in [2.24, 2.45) is 0 Å². The fourth-order valence-corrected chi connectivity index (χ4v) is 3.64. The summed E-state index contributed by atoms with van der Waals surface area (Å²) in [5.74, 6) is -0.0400. The Bertz CT molecular complexity index is 886. The first-order chi connectivity index (χ1) is 13.6. The highest BCUT2D eigenvalue weighted by Crippen LogP contribution is 2.33. The van der Waals surface area contributed by atoms with E-state index in [2.05, 4.69) is 22.8 Å².